The van der Waals surface area contributed by atoms with Crippen molar-refractivity contribution >= 4 is 18.3 Å². The molecule has 1 amide bonds. The zero-order valence-electron chi connectivity index (χ0n) is 12.6. The molecule has 0 aliphatic carbocycles. The van der Waals surface area contributed by atoms with Gasteiger partial charge in [-0.15, -0.1) is 12.4 Å². The molecule has 0 bridgehead atoms. The van der Waals surface area contributed by atoms with Crippen LogP contribution in [0.15, 0.2) is 24.3 Å². The van der Waals surface area contributed by atoms with Gasteiger partial charge in [0.05, 0.1) is 6.10 Å². The molecule has 0 aromatic heterocycles. The van der Waals surface area contributed by atoms with Crippen LogP contribution in [0.1, 0.15) is 18.1 Å². The van der Waals surface area contributed by atoms with Crippen LogP contribution in [0, 0.1) is 11.7 Å². The number of rotatable bonds is 4. The van der Waals surface area contributed by atoms with Crippen molar-refractivity contribution in [1.29, 1.82) is 0 Å². The molecular formula is C15H22ClFN4O2. The summed E-state index contributed by atoms with van der Waals surface area (Å²) in [6.45, 7) is 1.79. The van der Waals surface area contributed by atoms with Crippen molar-refractivity contribution < 1.29 is 14.3 Å². The van der Waals surface area contributed by atoms with Crippen LogP contribution in [0.25, 0.3) is 0 Å². The number of halogens is 2. The Labute approximate surface area is 140 Å². The summed E-state index contributed by atoms with van der Waals surface area (Å²) in [7, 11) is 0. The fourth-order valence-electron chi connectivity index (χ4n) is 3.11. The lowest BCUT2D eigenvalue weighted by Crippen LogP contribution is -2.49. The summed E-state index contributed by atoms with van der Waals surface area (Å²) < 4.78 is 13.1. The third-order valence-electron chi connectivity index (χ3n) is 4.37. The third-order valence-corrected chi connectivity index (χ3v) is 4.37. The van der Waals surface area contributed by atoms with E-state index in [9.17, 15) is 14.3 Å². The number of nitrogens with one attached hydrogen (secondary N) is 4. The van der Waals surface area contributed by atoms with E-state index in [0.29, 0.717) is 11.6 Å². The van der Waals surface area contributed by atoms with Crippen molar-refractivity contribution in [2.75, 3.05) is 19.6 Å². The highest BCUT2D eigenvalue weighted by molar-refractivity contribution is 5.85. The van der Waals surface area contributed by atoms with Gasteiger partial charge in [-0.1, -0.05) is 12.1 Å². The maximum absolute atomic E-state index is 13.1. The van der Waals surface area contributed by atoms with Gasteiger partial charge in [-0.05, 0) is 30.7 Å². The second kappa shape index (κ2) is 8.03. The molecule has 6 nitrogen and oxygen atoms in total. The first-order valence-corrected chi connectivity index (χ1v) is 7.58. The lowest BCUT2D eigenvalue weighted by Gasteiger charge is -2.27. The highest BCUT2D eigenvalue weighted by Crippen LogP contribution is 2.20. The molecule has 2 saturated heterocycles. The Bertz CT molecular complexity index is 548. The summed E-state index contributed by atoms with van der Waals surface area (Å²) in [4.78, 5) is 12.3. The fraction of sp³-hybridized carbons (Fsp3) is 0.533. The minimum Gasteiger partial charge on any atom is -0.387 e. The first-order valence-electron chi connectivity index (χ1n) is 7.58. The number of hydrogen-bond donors (Lipinski definition) is 5. The average Bonchev–Trinajstić information content (AvgIpc) is 2.96. The molecule has 2 fully saturated rings. The van der Waals surface area contributed by atoms with Gasteiger partial charge in [0.25, 0.3) is 0 Å². The number of amides is 1. The molecule has 0 saturated carbocycles. The van der Waals surface area contributed by atoms with Gasteiger partial charge in [0.2, 0.25) is 5.91 Å². The molecule has 3 rings (SSSR count). The van der Waals surface area contributed by atoms with Gasteiger partial charge in [-0.3, -0.25) is 10.2 Å². The van der Waals surface area contributed by atoms with Gasteiger partial charge in [0.15, 0.2) is 0 Å². The molecule has 2 aliphatic rings. The van der Waals surface area contributed by atoms with Crippen molar-refractivity contribution in [3.8, 4) is 0 Å². The maximum Gasteiger partial charge on any atom is 0.238 e. The van der Waals surface area contributed by atoms with E-state index >= 15 is 0 Å². The number of carbonyl (C=O) groups is 1. The number of benzene rings is 1. The van der Waals surface area contributed by atoms with Crippen LogP contribution >= 0.6 is 12.4 Å². The Morgan fingerprint density at radius 1 is 1.43 bits per heavy atom. The smallest absolute Gasteiger partial charge is 0.238 e. The summed E-state index contributed by atoms with van der Waals surface area (Å²) in [5, 5.41) is 16.1. The summed E-state index contributed by atoms with van der Waals surface area (Å²) in [5.41, 5.74) is 6.63. The standard InChI is InChI=1S/C15H21FN4O2.ClH/c16-10-3-1-2-9(6-10)13(21)8-18-15(22)14-11-7-17-5-4-12(11)19-20-14;/h1-3,6,11-14,17,19-21H,4-5,7-8H2,(H,18,22);1H. The van der Waals surface area contributed by atoms with Crippen molar-refractivity contribution in [1.82, 2.24) is 21.5 Å². The summed E-state index contributed by atoms with van der Waals surface area (Å²) in [6, 6.07) is 5.74. The van der Waals surface area contributed by atoms with Crippen molar-refractivity contribution in [3.63, 3.8) is 0 Å². The third kappa shape index (κ3) is 4.19. The molecule has 4 atom stereocenters. The predicted molar refractivity (Wildman–Crippen MR) is 86.4 cm³/mol. The Morgan fingerprint density at radius 2 is 2.26 bits per heavy atom. The number of aliphatic hydroxyl groups is 1. The van der Waals surface area contributed by atoms with Crippen LogP contribution in [0.2, 0.25) is 0 Å². The van der Waals surface area contributed by atoms with Gasteiger partial charge in [-0.25, -0.2) is 9.82 Å². The monoisotopic (exact) mass is 344 g/mol. The second-order valence-electron chi connectivity index (χ2n) is 5.85. The van der Waals surface area contributed by atoms with Gasteiger partial charge in [0, 0.05) is 25.0 Å². The lowest BCUT2D eigenvalue weighted by atomic mass is 9.89. The van der Waals surface area contributed by atoms with Crippen LogP contribution < -0.4 is 21.5 Å². The van der Waals surface area contributed by atoms with Crippen LogP contribution in [0.5, 0.6) is 0 Å². The van der Waals surface area contributed by atoms with Crippen molar-refractivity contribution in [2.45, 2.75) is 24.6 Å². The molecule has 5 N–H and O–H groups in total. The van der Waals surface area contributed by atoms with Crippen LogP contribution in [0.4, 0.5) is 4.39 Å². The van der Waals surface area contributed by atoms with E-state index in [1.807, 2.05) is 0 Å². The molecule has 128 valence electrons. The number of hydrogen-bond acceptors (Lipinski definition) is 5. The molecule has 1 aromatic rings. The van der Waals surface area contributed by atoms with E-state index in [-0.39, 0.29) is 36.8 Å². The molecule has 4 unspecified atom stereocenters. The SMILES string of the molecule is Cl.O=C(NCC(O)c1cccc(F)c1)C1NNC2CCNCC21. The Kier molecular flexibility index (Phi) is 6.32. The highest BCUT2D eigenvalue weighted by atomic mass is 35.5. The van der Waals surface area contributed by atoms with Crippen molar-refractivity contribution in [3.05, 3.63) is 35.6 Å². The largest absolute Gasteiger partial charge is 0.387 e. The number of piperidine rings is 1. The van der Waals surface area contributed by atoms with E-state index in [0.717, 1.165) is 19.5 Å². The molecule has 2 aliphatic heterocycles. The minimum atomic E-state index is -0.922. The number of carbonyl (C=O) groups excluding carboxylic acids is 1. The lowest BCUT2D eigenvalue weighted by molar-refractivity contribution is -0.124. The molecule has 0 radical (unpaired) electrons. The summed E-state index contributed by atoms with van der Waals surface area (Å²) >= 11 is 0. The van der Waals surface area contributed by atoms with Crippen LogP contribution in [0.3, 0.4) is 0 Å². The first-order chi connectivity index (χ1) is 10.6. The van der Waals surface area contributed by atoms with E-state index in [1.165, 1.54) is 18.2 Å². The second-order valence-corrected chi connectivity index (χ2v) is 5.85. The van der Waals surface area contributed by atoms with Crippen LogP contribution in [-0.4, -0.2) is 42.7 Å². The molecular weight excluding hydrogens is 323 g/mol. The van der Waals surface area contributed by atoms with Gasteiger partial charge < -0.3 is 15.7 Å². The first kappa shape index (κ1) is 18.1. The summed E-state index contributed by atoms with van der Waals surface area (Å²) in [6.07, 6.45) is 0.0576. The predicted octanol–water partition coefficient (Wildman–Crippen LogP) is -0.148. The van der Waals surface area contributed by atoms with Crippen molar-refractivity contribution in [2.24, 2.45) is 5.92 Å². The Balaban J connectivity index is 0.00000192. The molecule has 0 spiro atoms. The average molecular weight is 345 g/mol. The zero-order valence-corrected chi connectivity index (χ0v) is 13.4. The topological polar surface area (TPSA) is 85.4 Å². The van der Waals surface area contributed by atoms with E-state index in [2.05, 4.69) is 21.5 Å². The van der Waals surface area contributed by atoms with E-state index in [4.69, 9.17) is 0 Å². The quantitative estimate of drug-likeness (QED) is 0.524. The van der Waals surface area contributed by atoms with Gasteiger partial charge in [0.1, 0.15) is 11.9 Å². The van der Waals surface area contributed by atoms with Gasteiger partial charge in [-0.2, -0.15) is 0 Å². The Hall–Kier alpha value is -1.25. The zero-order chi connectivity index (χ0) is 15.5. The number of hydrazine groups is 1. The molecule has 23 heavy (non-hydrogen) atoms. The molecule has 8 heteroatoms. The van der Waals surface area contributed by atoms with Crippen LogP contribution in [-0.2, 0) is 4.79 Å². The number of aliphatic hydroxyl groups excluding tert-OH is 1. The molecule has 2 heterocycles. The minimum absolute atomic E-state index is 0. The maximum atomic E-state index is 13.1. The fourth-order valence-corrected chi connectivity index (χ4v) is 3.11. The highest BCUT2D eigenvalue weighted by Gasteiger charge is 2.41. The number of fused-ring (bicyclic) bond motifs is 1. The normalized spacial score (nSPS) is 27.7. The molecule has 1 aromatic carbocycles. The summed E-state index contributed by atoms with van der Waals surface area (Å²) in [5.74, 6) is -0.361. The van der Waals surface area contributed by atoms with E-state index in [1.54, 1.807) is 6.07 Å². The van der Waals surface area contributed by atoms with E-state index < -0.39 is 11.9 Å². The Morgan fingerprint density at radius 3 is 3.04 bits per heavy atom. The van der Waals surface area contributed by atoms with Gasteiger partial charge >= 0.3 is 0 Å².